The van der Waals surface area contributed by atoms with Crippen molar-refractivity contribution in [1.82, 2.24) is 14.5 Å². The van der Waals surface area contributed by atoms with E-state index in [0.717, 1.165) is 16.3 Å². The maximum atomic E-state index is 14.9. The summed E-state index contributed by atoms with van der Waals surface area (Å²) in [6, 6.07) is 13.4. The second kappa shape index (κ2) is 6.67. The van der Waals surface area contributed by atoms with Gasteiger partial charge in [-0.15, -0.1) is 0 Å². The molecule has 0 atom stereocenters. The van der Waals surface area contributed by atoms with Gasteiger partial charge in [-0.25, -0.2) is 8.78 Å². The third-order valence-corrected chi connectivity index (χ3v) is 5.09. The van der Waals surface area contributed by atoms with E-state index in [0.29, 0.717) is 16.5 Å². The molecule has 3 aromatic heterocycles. The molecule has 4 nitrogen and oxygen atoms in total. The van der Waals surface area contributed by atoms with Crippen LogP contribution in [0.5, 0.6) is 5.88 Å². The van der Waals surface area contributed by atoms with Gasteiger partial charge in [0.25, 0.3) is 0 Å². The molecule has 0 amide bonds. The van der Waals surface area contributed by atoms with Crippen molar-refractivity contribution in [2.24, 2.45) is 0 Å². The van der Waals surface area contributed by atoms with Crippen molar-refractivity contribution in [2.75, 3.05) is 0 Å². The summed E-state index contributed by atoms with van der Waals surface area (Å²) in [6.45, 7) is -0.139. The lowest BCUT2D eigenvalue weighted by Gasteiger charge is -2.12. The summed E-state index contributed by atoms with van der Waals surface area (Å²) in [6.07, 6.45) is 6.55. The van der Waals surface area contributed by atoms with Crippen LogP contribution in [0.25, 0.3) is 32.8 Å². The number of benzene rings is 2. The minimum Gasteiger partial charge on any atom is -0.494 e. The summed E-state index contributed by atoms with van der Waals surface area (Å²) in [5, 5.41) is 12.7. The van der Waals surface area contributed by atoms with Crippen LogP contribution in [-0.4, -0.2) is 19.6 Å². The number of pyridine rings is 2. The first-order chi connectivity index (χ1) is 14.1. The lowest BCUT2D eigenvalue weighted by molar-refractivity contribution is 0.425. The molecule has 29 heavy (non-hydrogen) atoms. The number of rotatable bonds is 3. The fraction of sp³-hybridized carbons (Fsp3) is 0.0435. The van der Waals surface area contributed by atoms with Crippen LogP contribution in [0.1, 0.15) is 5.56 Å². The fourth-order valence-electron chi connectivity index (χ4n) is 3.65. The Balaban J connectivity index is 1.59. The number of nitrogens with zero attached hydrogens (tertiary/aromatic N) is 3. The maximum Gasteiger partial charge on any atom is 0.201 e. The predicted molar refractivity (Wildman–Crippen MR) is 108 cm³/mol. The predicted octanol–water partition coefficient (Wildman–Crippen LogP) is 5.28. The molecule has 0 spiro atoms. The Hall–Kier alpha value is -3.80. The highest BCUT2D eigenvalue weighted by Gasteiger charge is 2.17. The van der Waals surface area contributed by atoms with Gasteiger partial charge in [0.2, 0.25) is 5.88 Å². The van der Waals surface area contributed by atoms with Crippen molar-refractivity contribution < 1.29 is 13.9 Å². The van der Waals surface area contributed by atoms with Gasteiger partial charge in [-0.05, 0) is 46.8 Å². The van der Waals surface area contributed by atoms with Crippen molar-refractivity contribution >= 4 is 21.7 Å². The summed E-state index contributed by atoms with van der Waals surface area (Å²) in [4.78, 5) is 8.25. The lowest BCUT2D eigenvalue weighted by Crippen LogP contribution is -2.04. The van der Waals surface area contributed by atoms with Gasteiger partial charge >= 0.3 is 0 Å². The van der Waals surface area contributed by atoms with E-state index in [-0.39, 0.29) is 18.0 Å². The quantitative estimate of drug-likeness (QED) is 0.458. The Kier molecular flexibility index (Phi) is 3.98. The zero-order valence-corrected chi connectivity index (χ0v) is 15.2. The summed E-state index contributed by atoms with van der Waals surface area (Å²) in [5.41, 5.74) is 1.62. The molecule has 1 N–H and O–H groups in total. The third kappa shape index (κ3) is 2.89. The molecule has 0 aliphatic carbocycles. The number of hydrogen-bond acceptors (Lipinski definition) is 3. The van der Waals surface area contributed by atoms with Gasteiger partial charge < -0.3 is 9.67 Å². The summed E-state index contributed by atoms with van der Waals surface area (Å²) in [7, 11) is 0. The molecule has 0 saturated heterocycles. The summed E-state index contributed by atoms with van der Waals surface area (Å²) in [5.74, 6) is -1.41. The molecule has 0 aliphatic heterocycles. The zero-order valence-electron chi connectivity index (χ0n) is 15.2. The van der Waals surface area contributed by atoms with Gasteiger partial charge in [0, 0.05) is 35.7 Å². The average Bonchev–Trinajstić information content (AvgIpc) is 3.06. The highest BCUT2D eigenvalue weighted by Crippen LogP contribution is 2.32. The Morgan fingerprint density at radius 1 is 0.931 bits per heavy atom. The number of halogens is 2. The molecule has 2 aromatic carbocycles. The number of aromatic hydroxyl groups is 1. The Morgan fingerprint density at radius 3 is 2.55 bits per heavy atom. The van der Waals surface area contributed by atoms with Crippen LogP contribution in [0.2, 0.25) is 0 Å². The molecular formula is C23H15F2N3O. The van der Waals surface area contributed by atoms with Crippen molar-refractivity contribution in [1.29, 1.82) is 0 Å². The van der Waals surface area contributed by atoms with E-state index in [1.54, 1.807) is 36.9 Å². The molecule has 6 heteroatoms. The van der Waals surface area contributed by atoms with E-state index in [1.165, 1.54) is 16.7 Å². The van der Waals surface area contributed by atoms with E-state index in [9.17, 15) is 13.9 Å². The average molecular weight is 387 g/mol. The van der Waals surface area contributed by atoms with E-state index in [1.807, 2.05) is 24.3 Å². The minimum atomic E-state index is -0.670. The molecule has 0 bridgehead atoms. The van der Waals surface area contributed by atoms with Crippen LogP contribution in [0.4, 0.5) is 8.78 Å². The third-order valence-electron chi connectivity index (χ3n) is 5.09. The smallest absolute Gasteiger partial charge is 0.201 e. The molecule has 0 fully saturated rings. The van der Waals surface area contributed by atoms with Crippen molar-refractivity contribution in [3.8, 4) is 17.0 Å². The van der Waals surface area contributed by atoms with E-state index in [2.05, 4.69) is 9.97 Å². The normalized spacial score (nSPS) is 11.4. The van der Waals surface area contributed by atoms with Crippen LogP contribution in [-0.2, 0) is 6.54 Å². The largest absolute Gasteiger partial charge is 0.494 e. The fourth-order valence-corrected chi connectivity index (χ4v) is 3.65. The highest BCUT2D eigenvalue weighted by atomic mass is 19.1. The van der Waals surface area contributed by atoms with Gasteiger partial charge in [-0.2, -0.15) is 0 Å². The van der Waals surface area contributed by atoms with Gasteiger partial charge in [-0.3, -0.25) is 9.97 Å². The molecule has 3 heterocycles. The minimum absolute atomic E-state index is 0.0717. The second-order valence-corrected chi connectivity index (χ2v) is 6.84. The molecule has 0 saturated carbocycles. The van der Waals surface area contributed by atoms with Gasteiger partial charge in [0.05, 0.1) is 17.4 Å². The SMILES string of the molecule is Oc1c2cccnc2cn1Cc1c(F)cc(-c2cccc3cnccc23)cc1F. The molecule has 0 radical (unpaired) electrons. The molecular weight excluding hydrogens is 372 g/mol. The first-order valence-corrected chi connectivity index (χ1v) is 9.05. The second-order valence-electron chi connectivity index (χ2n) is 6.84. The number of hydrogen-bond donors (Lipinski definition) is 1. The monoisotopic (exact) mass is 387 g/mol. The molecule has 0 aliphatic rings. The van der Waals surface area contributed by atoms with Crippen molar-refractivity contribution in [3.05, 3.63) is 90.5 Å². The van der Waals surface area contributed by atoms with Crippen LogP contribution in [0.15, 0.2) is 73.3 Å². The van der Waals surface area contributed by atoms with E-state index >= 15 is 0 Å². The lowest BCUT2D eigenvalue weighted by atomic mass is 9.98. The van der Waals surface area contributed by atoms with Crippen LogP contribution in [0.3, 0.4) is 0 Å². The zero-order chi connectivity index (χ0) is 20.0. The van der Waals surface area contributed by atoms with Crippen molar-refractivity contribution in [3.63, 3.8) is 0 Å². The van der Waals surface area contributed by atoms with E-state index < -0.39 is 11.6 Å². The summed E-state index contributed by atoms with van der Waals surface area (Å²) >= 11 is 0. The molecule has 142 valence electrons. The number of aromatic nitrogens is 3. The topological polar surface area (TPSA) is 50.9 Å². The molecule has 5 rings (SSSR count). The number of fused-ring (bicyclic) bond motifs is 2. The maximum absolute atomic E-state index is 14.9. The van der Waals surface area contributed by atoms with E-state index in [4.69, 9.17) is 0 Å². The Morgan fingerprint density at radius 2 is 1.76 bits per heavy atom. The first-order valence-electron chi connectivity index (χ1n) is 9.05. The first kappa shape index (κ1) is 17.3. The van der Waals surface area contributed by atoms with Crippen LogP contribution < -0.4 is 0 Å². The standard InChI is InChI=1S/C23H15F2N3O/c24-20-9-15(16-4-1-3-14-11-26-8-6-17(14)16)10-21(25)19(20)12-28-13-22-18(23(28)29)5-2-7-27-22/h1-11,13,29H,12H2. The van der Waals surface area contributed by atoms with Gasteiger partial charge in [0.1, 0.15) is 11.6 Å². The summed E-state index contributed by atoms with van der Waals surface area (Å²) < 4.78 is 31.2. The van der Waals surface area contributed by atoms with Gasteiger partial charge in [0.15, 0.2) is 0 Å². The van der Waals surface area contributed by atoms with Gasteiger partial charge in [-0.1, -0.05) is 18.2 Å². The molecule has 0 unspecified atom stereocenters. The Labute approximate surface area is 164 Å². The van der Waals surface area contributed by atoms with Crippen LogP contribution in [0, 0.1) is 11.6 Å². The highest BCUT2D eigenvalue weighted by molar-refractivity contribution is 5.96. The van der Waals surface area contributed by atoms with Crippen molar-refractivity contribution in [2.45, 2.75) is 6.54 Å². The molecule has 5 aromatic rings. The van der Waals surface area contributed by atoms with Crippen LogP contribution >= 0.6 is 0 Å². The Bertz CT molecular complexity index is 1350.